The Hall–Kier alpha value is -1.36. The fourth-order valence-electron chi connectivity index (χ4n) is 3.24. The molecular weight excluding hydrogens is 493 g/mol. The van der Waals surface area contributed by atoms with Gasteiger partial charge in [-0.3, -0.25) is 9.69 Å². The van der Waals surface area contributed by atoms with Crippen molar-refractivity contribution in [2.75, 3.05) is 32.0 Å². The van der Waals surface area contributed by atoms with Gasteiger partial charge in [-0.15, -0.1) is 11.8 Å². The SMILES string of the molecule is CC1=C(/C=C/C(=O)O)SC(SCC(=O)NC[C@H]2CN(Cc3ccc(Cl)c(Cl)c3)CCO2)N1. The molecule has 32 heavy (non-hydrogen) atoms. The van der Waals surface area contributed by atoms with Crippen LogP contribution in [0.25, 0.3) is 0 Å². The van der Waals surface area contributed by atoms with Crippen molar-refractivity contribution >= 4 is 58.6 Å². The van der Waals surface area contributed by atoms with Gasteiger partial charge in [0.1, 0.15) is 4.71 Å². The summed E-state index contributed by atoms with van der Waals surface area (Å²) in [7, 11) is 0. The Morgan fingerprint density at radius 1 is 1.41 bits per heavy atom. The molecule has 7 nitrogen and oxygen atoms in total. The molecule has 1 amide bonds. The summed E-state index contributed by atoms with van der Waals surface area (Å²) in [6, 6.07) is 5.64. The molecule has 1 saturated heterocycles. The Morgan fingerprint density at radius 3 is 2.97 bits per heavy atom. The number of aliphatic carboxylic acids is 1. The van der Waals surface area contributed by atoms with Crippen LogP contribution in [0.15, 0.2) is 41.0 Å². The van der Waals surface area contributed by atoms with Gasteiger partial charge >= 0.3 is 5.97 Å². The summed E-state index contributed by atoms with van der Waals surface area (Å²) in [5.74, 6) is -0.746. The minimum atomic E-state index is -0.984. The Balaban J connectivity index is 1.36. The fraction of sp³-hybridized carbons (Fsp3) is 0.429. The molecule has 2 aliphatic heterocycles. The van der Waals surface area contributed by atoms with Crippen molar-refractivity contribution in [3.8, 4) is 0 Å². The summed E-state index contributed by atoms with van der Waals surface area (Å²) in [5.41, 5.74) is 1.99. The van der Waals surface area contributed by atoms with E-state index in [-0.39, 0.29) is 16.7 Å². The number of carbonyl (C=O) groups is 2. The van der Waals surface area contributed by atoms with Crippen LogP contribution in [0.2, 0.25) is 10.0 Å². The predicted molar refractivity (Wildman–Crippen MR) is 131 cm³/mol. The number of allylic oxidation sites excluding steroid dienone is 2. The van der Waals surface area contributed by atoms with E-state index in [1.54, 1.807) is 12.1 Å². The van der Waals surface area contributed by atoms with E-state index in [1.165, 1.54) is 23.5 Å². The van der Waals surface area contributed by atoms with Crippen LogP contribution in [0.5, 0.6) is 0 Å². The first-order chi connectivity index (χ1) is 15.3. The van der Waals surface area contributed by atoms with Crippen molar-refractivity contribution in [1.82, 2.24) is 15.5 Å². The van der Waals surface area contributed by atoms with E-state index in [0.29, 0.717) is 28.9 Å². The third-order valence-corrected chi connectivity index (χ3v) is 8.13. The molecule has 3 rings (SSSR count). The molecule has 2 heterocycles. The third-order valence-electron chi connectivity index (χ3n) is 4.82. The molecule has 0 radical (unpaired) electrons. The molecule has 2 atom stereocenters. The monoisotopic (exact) mass is 517 g/mol. The molecule has 0 saturated carbocycles. The molecule has 0 aromatic heterocycles. The van der Waals surface area contributed by atoms with Crippen LogP contribution in [0.4, 0.5) is 0 Å². The van der Waals surface area contributed by atoms with Crippen molar-refractivity contribution in [3.63, 3.8) is 0 Å². The lowest BCUT2D eigenvalue weighted by Crippen LogP contribution is -2.47. The molecule has 1 unspecified atom stereocenters. The first kappa shape index (κ1) is 25.3. The number of carbonyl (C=O) groups excluding carboxylic acids is 1. The number of nitrogens with zero attached hydrogens (tertiary/aromatic N) is 1. The van der Waals surface area contributed by atoms with E-state index in [4.69, 9.17) is 33.0 Å². The average Bonchev–Trinajstić information content (AvgIpc) is 3.11. The van der Waals surface area contributed by atoms with Crippen molar-refractivity contribution in [3.05, 3.63) is 56.6 Å². The minimum absolute atomic E-state index is 0.0261. The van der Waals surface area contributed by atoms with Gasteiger partial charge in [-0.2, -0.15) is 0 Å². The third kappa shape index (κ3) is 7.90. The topological polar surface area (TPSA) is 90.9 Å². The number of benzene rings is 1. The first-order valence-corrected chi connectivity index (χ1v) is 12.7. The summed E-state index contributed by atoms with van der Waals surface area (Å²) in [5, 5.41) is 16.1. The number of ether oxygens (including phenoxy) is 1. The first-order valence-electron chi connectivity index (χ1n) is 10.0. The van der Waals surface area contributed by atoms with Crippen LogP contribution < -0.4 is 10.6 Å². The Bertz CT molecular complexity index is 913. The Labute approximate surface area is 205 Å². The number of thioether (sulfide) groups is 2. The zero-order chi connectivity index (χ0) is 23.1. The van der Waals surface area contributed by atoms with E-state index in [2.05, 4.69) is 15.5 Å². The van der Waals surface area contributed by atoms with Crippen molar-refractivity contribution in [2.24, 2.45) is 0 Å². The maximum Gasteiger partial charge on any atom is 0.328 e. The zero-order valence-electron chi connectivity index (χ0n) is 17.5. The minimum Gasteiger partial charge on any atom is -0.478 e. The van der Waals surface area contributed by atoms with Gasteiger partial charge in [0.25, 0.3) is 0 Å². The van der Waals surface area contributed by atoms with Gasteiger partial charge in [-0.25, -0.2) is 4.79 Å². The highest BCUT2D eigenvalue weighted by molar-refractivity contribution is 8.19. The van der Waals surface area contributed by atoms with Crippen LogP contribution in [-0.4, -0.2) is 64.7 Å². The van der Waals surface area contributed by atoms with E-state index < -0.39 is 5.97 Å². The summed E-state index contributed by atoms with van der Waals surface area (Å²) < 4.78 is 5.78. The molecule has 2 aliphatic rings. The van der Waals surface area contributed by atoms with Crippen molar-refractivity contribution in [2.45, 2.75) is 24.3 Å². The van der Waals surface area contributed by atoms with Crippen LogP contribution in [0.1, 0.15) is 12.5 Å². The molecular formula is C21H25Cl2N3O4S2. The standard InChI is InChI=1S/C21H25Cl2N3O4S2/c1-13-18(4-5-20(28)29)32-21(25-13)31-12-19(27)24-9-15-11-26(6-7-30-15)10-14-2-3-16(22)17(23)8-14/h2-5,8,15,21,25H,6-7,9-12H2,1H3,(H,24,27)(H,28,29)/b5-4+/t15-,21?/m0/s1. The Kier molecular flexibility index (Phi) is 9.63. The van der Waals surface area contributed by atoms with Gasteiger partial charge in [0, 0.05) is 42.9 Å². The molecule has 0 aliphatic carbocycles. The maximum absolute atomic E-state index is 12.3. The Morgan fingerprint density at radius 2 is 2.22 bits per heavy atom. The van der Waals surface area contributed by atoms with Crippen molar-refractivity contribution in [1.29, 1.82) is 0 Å². The van der Waals surface area contributed by atoms with Gasteiger partial charge in [0.2, 0.25) is 5.91 Å². The number of hydrogen-bond acceptors (Lipinski definition) is 7. The van der Waals surface area contributed by atoms with Gasteiger partial charge in [-0.1, -0.05) is 41.0 Å². The molecule has 0 spiro atoms. The van der Waals surface area contributed by atoms with Crippen LogP contribution in [0, 0.1) is 0 Å². The lowest BCUT2D eigenvalue weighted by molar-refractivity contribution is -0.131. The number of rotatable bonds is 9. The summed E-state index contributed by atoms with van der Waals surface area (Å²) in [6.07, 6.45) is 2.61. The average molecular weight is 518 g/mol. The van der Waals surface area contributed by atoms with Crippen molar-refractivity contribution < 1.29 is 19.4 Å². The van der Waals surface area contributed by atoms with Gasteiger partial charge in [0.05, 0.1) is 28.5 Å². The molecule has 174 valence electrons. The lowest BCUT2D eigenvalue weighted by atomic mass is 10.2. The number of hydrogen-bond donors (Lipinski definition) is 3. The highest BCUT2D eigenvalue weighted by Gasteiger charge is 2.23. The quantitative estimate of drug-likeness (QED) is 0.428. The second kappa shape index (κ2) is 12.2. The van der Waals surface area contributed by atoms with Crippen LogP contribution >= 0.6 is 46.7 Å². The van der Waals surface area contributed by atoms with E-state index in [0.717, 1.165) is 41.9 Å². The highest BCUT2D eigenvalue weighted by Crippen LogP contribution is 2.36. The normalized spacial score (nSPS) is 21.7. The number of carboxylic acids is 1. The van der Waals surface area contributed by atoms with E-state index in [1.807, 2.05) is 19.1 Å². The number of amides is 1. The van der Waals surface area contributed by atoms with Gasteiger partial charge in [0.15, 0.2) is 0 Å². The van der Waals surface area contributed by atoms with Crippen LogP contribution in [-0.2, 0) is 20.9 Å². The van der Waals surface area contributed by atoms with E-state index in [9.17, 15) is 9.59 Å². The second-order valence-corrected chi connectivity index (χ2v) is 10.7. The number of morpholine rings is 1. The second-order valence-electron chi connectivity index (χ2n) is 7.35. The summed E-state index contributed by atoms with van der Waals surface area (Å²) in [6.45, 7) is 5.23. The number of halogens is 2. The zero-order valence-corrected chi connectivity index (χ0v) is 20.6. The smallest absolute Gasteiger partial charge is 0.328 e. The molecule has 3 N–H and O–H groups in total. The summed E-state index contributed by atoms with van der Waals surface area (Å²) in [4.78, 5) is 26.1. The lowest BCUT2D eigenvalue weighted by Gasteiger charge is -2.33. The molecule has 1 aromatic rings. The largest absolute Gasteiger partial charge is 0.478 e. The maximum atomic E-state index is 12.3. The van der Waals surface area contributed by atoms with Gasteiger partial charge < -0.3 is 20.5 Å². The number of carboxylic acid groups (broad SMARTS) is 1. The summed E-state index contributed by atoms with van der Waals surface area (Å²) >= 11 is 15.1. The molecule has 11 heteroatoms. The van der Waals surface area contributed by atoms with E-state index >= 15 is 0 Å². The molecule has 1 aromatic carbocycles. The van der Waals surface area contributed by atoms with Gasteiger partial charge in [-0.05, 0) is 30.7 Å². The van der Waals surface area contributed by atoms with Crippen LogP contribution in [0.3, 0.4) is 0 Å². The molecule has 1 fully saturated rings. The highest BCUT2D eigenvalue weighted by atomic mass is 35.5. The fourth-order valence-corrected chi connectivity index (χ4v) is 5.86. The predicted octanol–water partition coefficient (Wildman–Crippen LogP) is 3.54. The molecule has 0 bridgehead atoms. The number of nitrogens with one attached hydrogen (secondary N) is 2.